The average Bonchev–Trinajstić information content (AvgIpc) is 2.96. The number of anilines is 2. The van der Waals surface area contributed by atoms with Gasteiger partial charge in [-0.15, -0.1) is 0 Å². The second kappa shape index (κ2) is 7.65. The third-order valence-corrected chi connectivity index (χ3v) is 5.00. The smallest absolute Gasteiger partial charge is 0.240 e. The lowest BCUT2D eigenvalue weighted by Crippen LogP contribution is -2.43. The number of sulfonamides is 1. The molecule has 1 fully saturated rings. The molecule has 24 heavy (non-hydrogen) atoms. The van der Waals surface area contributed by atoms with Gasteiger partial charge in [-0.3, -0.25) is 13.9 Å². The fraction of sp³-hybridized carbons (Fsp3) is 0.500. The van der Waals surface area contributed by atoms with Crippen LogP contribution in [0.2, 0.25) is 0 Å². The minimum Gasteiger partial charge on any atom is -0.352 e. The number of hydrogen-bond donors (Lipinski definition) is 2. The van der Waals surface area contributed by atoms with E-state index in [1.54, 1.807) is 18.2 Å². The van der Waals surface area contributed by atoms with Gasteiger partial charge in [0.15, 0.2) is 0 Å². The largest absolute Gasteiger partial charge is 0.352 e. The number of rotatable bonds is 6. The second-order valence-corrected chi connectivity index (χ2v) is 7.96. The number of hydrogen-bond acceptors (Lipinski definition) is 4. The molecule has 0 aromatic heterocycles. The van der Waals surface area contributed by atoms with E-state index in [0.717, 1.165) is 36.2 Å². The molecule has 2 amide bonds. The van der Waals surface area contributed by atoms with Crippen LogP contribution in [-0.2, 0) is 19.6 Å². The minimum absolute atomic E-state index is 0.129. The Labute approximate surface area is 142 Å². The van der Waals surface area contributed by atoms with E-state index in [2.05, 4.69) is 10.6 Å². The van der Waals surface area contributed by atoms with Crippen molar-refractivity contribution in [3.63, 3.8) is 0 Å². The third kappa shape index (κ3) is 5.23. The van der Waals surface area contributed by atoms with Gasteiger partial charge in [0.25, 0.3) is 0 Å². The van der Waals surface area contributed by atoms with Gasteiger partial charge in [-0.25, -0.2) is 8.42 Å². The lowest BCUT2D eigenvalue weighted by atomic mass is 10.2. The molecular weight excluding hydrogens is 330 g/mol. The van der Waals surface area contributed by atoms with E-state index in [1.807, 2.05) is 0 Å². The SMILES string of the molecule is CC(=O)Nc1cccc(N(CC(=O)NC2CCCC2)S(C)(=O)=O)c1. The van der Waals surface area contributed by atoms with Gasteiger partial charge in [-0.1, -0.05) is 18.9 Å². The summed E-state index contributed by atoms with van der Waals surface area (Å²) in [6.45, 7) is 1.09. The molecule has 2 rings (SSSR count). The van der Waals surface area contributed by atoms with Crippen LogP contribution in [0.1, 0.15) is 32.6 Å². The molecule has 0 aliphatic heterocycles. The lowest BCUT2D eigenvalue weighted by Gasteiger charge is -2.23. The van der Waals surface area contributed by atoms with Gasteiger partial charge >= 0.3 is 0 Å². The predicted molar refractivity (Wildman–Crippen MR) is 93.3 cm³/mol. The van der Waals surface area contributed by atoms with E-state index in [1.165, 1.54) is 13.0 Å². The Kier molecular flexibility index (Phi) is 5.82. The molecule has 2 N–H and O–H groups in total. The molecule has 1 aliphatic rings. The Morgan fingerprint density at radius 2 is 1.92 bits per heavy atom. The zero-order valence-electron chi connectivity index (χ0n) is 13.9. The van der Waals surface area contributed by atoms with E-state index in [0.29, 0.717) is 11.4 Å². The first-order valence-corrected chi connectivity index (χ1v) is 9.75. The van der Waals surface area contributed by atoms with Crippen molar-refractivity contribution in [2.75, 3.05) is 22.4 Å². The first-order valence-electron chi connectivity index (χ1n) is 7.90. The molecule has 0 spiro atoms. The Bertz CT molecular complexity index is 712. The molecule has 0 heterocycles. The standard InChI is InChI=1S/C16H23N3O4S/c1-12(20)17-14-8-5-9-15(10-14)19(24(2,22)23)11-16(21)18-13-6-3-4-7-13/h5,8-10,13H,3-4,6-7,11H2,1-2H3,(H,17,20)(H,18,21). The van der Waals surface area contributed by atoms with Crippen LogP contribution in [0.3, 0.4) is 0 Å². The highest BCUT2D eigenvalue weighted by Crippen LogP contribution is 2.22. The maximum absolute atomic E-state index is 12.2. The topological polar surface area (TPSA) is 95.6 Å². The van der Waals surface area contributed by atoms with Gasteiger partial charge < -0.3 is 10.6 Å². The first-order chi connectivity index (χ1) is 11.3. The Hall–Kier alpha value is -2.09. The van der Waals surface area contributed by atoms with Crippen LogP contribution in [-0.4, -0.2) is 39.1 Å². The molecule has 0 bridgehead atoms. The number of nitrogens with one attached hydrogen (secondary N) is 2. The van der Waals surface area contributed by atoms with Crippen molar-refractivity contribution in [1.82, 2.24) is 5.32 Å². The number of benzene rings is 1. The highest BCUT2D eigenvalue weighted by Gasteiger charge is 2.23. The highest BCUT2D eigenvalue weighted by atomic mass is 32.2. The summed E-state index contributed by atoms with van der Waals surface area (Å²) in [5.74, 6) is -0.575. The minimum atomic E-state index is -3.63. The molecule has 0 radical (unpaired) electrons. The summed E-state index contributed by atoms with van der Waals surface area (Å²) in [5, 5.41) is 5.49. The molecule has 1 aliphatic carbocycles. The Morgan fingerprint density at radius 1 is 1.25 bits per heavy atom. The summed E-state index contributed by atoms with van der Waals surface area (Å²) in [5.41, 5.74) is 0.815. The number of carbonyl (C=O) groups is 2. The third-order valence-electron chi connectivity index (χ3n) is 3.86. The maximum Gasteiger partial charge on any atom is 0.240 e. The number of carbonyl (C=O) groups excluding carboxylic acids is 2. The highest BCUT2D eigenvalue weighted by molar-refractivity contribution is 7.92. The van der Waals surface area contributed by atoms with E-state index in [-0.39, 0.29) is 24.4 Å². The maximum atomic E-state index is 12.2. The number of nitrogens with zero attached hydrogens (tertiary/aromatic N) is 1. The van der Waals surface area contributed by atoms with Crippen LogP contribution >= 0.6 is 0 Å². The van der Waals surface area contributed by atoms with Crippen molar-refractivity contribution in [3.05, 3.63) is 24.3 Å². The van der Waals surface area contributed by atoms with Crippen molar-refractivity contribution in [2.24, 2.45) is 0 Å². The van der Waals surface area contributed by atoms with Crippen LogP contribution < -0.4 is 14.9 Å². The van der Waals surface area contributed by atoms with E-state index in [9.17, 15) is 18.0 Å². The summed E-state index contributed by atoms with van der Waals surface area (Å²) >= 11 is 0. The van der Waals surface area contributed by atoms with Crippen LogP contribution in [0, 0.1) is 0 Å². The molecule has 1 aromatic carbocycles. The van der Waals surface area contributed by atoms with Crippen LogP contribution in [0.4, 0.5) is 11.4 Å². The van der Waals surface area contributed by atoms with Crippen molar-refractivity contribution in [2.45, 2.75) is 38.6 Å². The predicted octanol–water partition coefficient (Wildman–Crippen LogP) is 1.47. The van der Waals surface area contributed by atoms with Gasteiger partial charge in [0.05, 0.1) is 11.9 Å². The van der Waals surface area contributed by atoms with Crippen LogP contribution in [0.25, 0.3) is 0 Å². The molecule has 132 valence electrons. The number of amides is 2. The van der Waals surface area contributed by atoms with Gasteiger partial charge in [0.2, 0.25) is 21.8 Å². The van der Waals surface area contributed by atoms with Gasteiger partial charge in [0.1, 0.15) is 6.54 Å². The van der Waals surface area contributed by atoms with E-state index >= 15 is 0 Å². The van der Waals surface area contributed by atoms with Gasteiger partial charge in [-0.2, -0.15) is 0 Å². The fourth-order valence-corrected chi connectivity index (χ4v) is 3.66. The van der Waals surface area contributed by atoms with Crippen molar-refractivity contribution >= 4 is 33.2 Å². The molecule has 1 saturated carbocycles. The Morgan fingerprint density at radius 3 is 2.50 bits per heavy atom. The van der Waals surface area contributed by atoms with E-state index < -0.39 is 10.0 Å². The van der Waals surface area contributed by atoms with Crippen molar-refractivity contribution in [1.29, 1.82) is 0 Å². The normalized spacial score (nSPS) is 15.1. The molecule has 7 nitrogen and oxygen atoms in total. The molecule has 1 aromatic rings. The summed E-state index contributed by atoms with van der Waals surface area (Å²) < 4.78 is 25.2. The van der Waals surface area contributed by atoms with Crippen LogP contribution in [0.15, 0.2) is 24.3 Å². The van der Waals surface area contributed by atoms with Crippen molar-refractivity contribution in [3.8, 4) is 0 Å². The second-order valence-electron chi connectivity index (χ2n) is 6.05. The summed E-state index contributed by atoms with van der Waals surface area (Å²) in [7, 11) is -3.63. The molecule has 0 atom stereocenters. The molecule has 0 saturated heterocycles. The molecular formula is C16H23N3O4S. The Balaban J connectivity index is 2.16. The zero-order chi connectivity index (χ0) is 17.7. The van der Waals surface area contributed by atoms with E-state index in [4.69, 9.17) is 0 Å². The first kappa shape index (κ1) is 18.3. The average molecular weight is 353 g/mol. The fourth-order valence-electron chi connectivity index (χ4n) is 2.82. The summed E-state index contributed by atoms with van der Waals surface area (Å²) in [6.07, 6.45) is 5.09. The van der Waals surface area contributed by atoms with Crippen molar-refractivity contribution < 1.29 is 18.0 Å². The van der Waals surface area contributed by atoms with Crippen LogP contribution in [0.5, 0.6) is 0 Å². The lowest BCUT2D eigenvalue weighted by molar-refractivity contribution is -0.120. The molecule has 8 heteroatoms. The quantitative estimate of drug-likeness (QED) is 0.809. The van der Waals surface area contributed by atoms with Gasteiger partial charge in [-0.05, 0) is 31.0 Å². The monoisotopic (exact) mass is 353 g/mol. The summed E-state index contributed by atoms with van der Waals surface area (Å²) in [4.78, 5) is 23.4. The zero-order valence-corrected chi connectivity index (χ0v) is 14.7. The van der Waals surface area contributed by atoms with Gasteiger partial charge in [0, 0.05) is 18.7 Å². The summed E-state index contributed by atoms with van der Waals surface area (Å²) in [6, 6.07) is 6.54. The molecule has 0 unspecified atom stereocenters.